The first kappa shape index (κ1) is 8.48. The summed E-state index contributed by atoms with van der Waals surface area (Å²) in [6.45, 7) is 3.00. The van der Waals surface area contributed by atoms with Crippen molar-refractivity contribution < 1.29 is 4.74 Å². The molecule has 1 aliphatic carbocycles. The average molecular weight is 178 g/mol. The molecule has 0 unspecified atom stereocenters. The van der Waals surface area contributed by atoms with Gasteiger partial charge in [-0.05, 0) is 18.9 Å². The van der Waals surface area contributed by atoms with Gasteiger partial charge in [-0.1, -0.05) is 13.3 Å². The van der Waals surface area contributed by atoms with Gasteiger partial charge >= 0.3 is 6.01 Å². The summed E-state index contributed by atoms with van der Waals surface area (Å²) >= 11 is 0. The smallest absolute Gasteiger partial charge is 0.316 e. The van der Waals surface area contributed by atoms with Crippen LogP contribution in [0.5, 0.6) is 6.01 Å². The number of hydrogen-bond acceptors (Lipinski definition) is 3. The van der Waals surface area contributed by atoms with E-state index in [9.17, 15) is 0 Å². The molecule has 1 aromatic rings. The van der Waals surface area contributed by atoms with E-state index < -0.39 is 0 Å². The summed E-state index contributed by atoms with van der Waals surface area (Å²) in [5.74, 6) is 0. The highest BCUT2D eigenvalue weighted by Gasteiger charge is 2.32. The van der Waals surface area contributed by atoms with E-state index in [1.807, 2.05) is 0 Å². The highest BCUT2D eigenvalue weighted by atomic mass is 16.5. The molecular formula is C10H14N2O. The first-order chi connectivity index (χ1) is 6.29. The highest BCUT2D eigenvalue weighted by Crippen LogP contribution is 2.40. The van der Waals surface area contributed by atoms with Gasteiger partial charge in [0.05, 0.1) is 6.61 Å². The molecule has 1 aliphatic rings. The van der Waals surface area contributed by atoms with E-state index in [1.54, 1.807) is 18.5 Å². The summed E-state index contributed by atoms with van der Waals surface area (Å²) < 4.78 is 5.49. The van der Waals surface area contributed by atoms with Gasteiger partial charge in [-0.15, -0.1) is 0 Å². The van der Waals surface area contributed by atoms with Crippen LogP contribution in [0.15, 0.2) is 18.5 Å². The van der Waals surface area contributed by atoms with Crippen molar-refractivity contribution in [3.05, 3.63) is 18.5 Å². The van der Waals surface area contributed by atoms with Crippen molar-refractivity contribution in [2.75, 3.05) is 6.61 Å². The second kappa shape index (κ2) is 3.32. The third-order valence-electron chi connectivity index (χ3n) is 2.65. The first-order valence-electron chi connectivity index (χ1n) is 4.68. The van der Waals surface area contributed by atoms with Crippen LogP contribution in [0.25, 0.3) is 0 Å². The van der Waals surface area contributed by atoms with Gasteiger partial charge in [-0.2, -0.15) is 0 Å². The van der Waals surface area contributed by atoms with Gasteiger partial charge in [0.15, 0.2) is 0 Å². The average Bonchev–Trinajstić information content (AvgIpc) is 2.13. The zero-order chi connectivity index (χ0) is 9.15. The van der Waals surface area contributed by atoms with E-state index in [1.165, 1.54) is 19.3 Å². The van der Waals surface area contributed by atoms with Crippen molar-refractivity contribution in [3.8, 4) is 6.01 Å². The zero-order valence-corrected chi connectivity index (χ0v) is 7.86. The number of hydrogen-bond donors (Lipinski definition) is 0. The predicted octanol–water partition coefficient (Wildman–Crippen LogP) is 2.05. The Hall–Kier alpha value is -1.12. The van der Waals surface area contributed by atoms with Crippen LogP contribution in [0.3, 0.4) is 0 Å². The molecule has 0 spiro atoms. The Morgan fingerprint density at radius 2 is 2.08 bits per heavy atom. The minimum Gasteiger partial charge on any atom is -0.463 e. The SMILES string of the molecule is CC1(COc2ncccn2)CCC1. The van der Waals surface area contributed by atoms with E-state index in [2.05, 4.69) is 16.9 Å². The van der Waals surface area contributed by atoms with Crippen LogP contribution in [0.1, 0.15) is 26.2 Å². The van der Waals surface area contributed by atoms with E-state index in [4.69, 9.17) is 4.74 Å². The Kier molecular flexibility index (Phi) is 2.17. The molecule has 70 valence electrons. The maximum atomic E-state index is 5.49. The molecule has 1 fully saturated rings. The van der Waals surface area contributed by atoms with Crippen LogP contribution in [-0.4, -0.2) is 16.6 Å². The van der Waals surface area contributed by atoms with E-state index in [0.717, 1.165) is 6.61 Å². The molecule has 1 heterocycles. The lowest BCUT2D eigenvalue weighted by Crippen LogP contribution is -2.32. The molecule has 0 atom stereocenters. The van der Waals surface area contributed by atoms with Crippen molar-refractivity contribution in [1.29, 1.82) is 0 Å². The predicted molar refractivity (Wildman–Crippen MR) is 49.5 cm³/mol. The zero-order valence-electron chi connectivity index (χ0n) is 7.86. The standard InChI is InChI=1S/C10H14N2O/c1-10(4-2-5-10)8-13-9-11-6-3-7-12-9/h3,6-7H,2,4-5,8H2,1H3. The molecule has 0 N–H and O–H groups in total. The van der Waals surface area contributed by atoms with Crippen molar-refractivity contribution in [3.63, 3.8) is 0 Å². The summed E-state index contributed by atoms with van der Waals surface area (Å²) in [5.41, 5.74) is 0.374. The third kappa shape index (κ3) is 1.97. The summed E-state index contributed by atoms with van der Waals surface area (Å²) in [7, 11) is 0. The summed E-state index contributed by atoms with van der Waals surface area (Å²) in [5, 5.41) is 0. The summed E-state index contributed by atoms with van der Waals surface area (Å²) in [6.07, 6.45) is 7.26. The van der Waals surface area contributed by atoms with Crippen molar-refractivity contribution in [2.24, 2.45) is 5.41 Å². The van der Waals surface area contributed by atoms with Crippen LogP contribution in [0.2, 0.25) is 0 Å². The lowest BCUT2D eigenvalue weighted by Gasteiger charge is -2.37. The Bertz CT molecular complexity index is 270. The van der Waals surface area contributed by atoms with Crippen molar-refractivity contribution in [1.82, 2.24) is 9.97 Å². The Morgan fingerprint density at radius 1 is 1.38 bits per heavy atom. The molecule has 0 radical (unpaired) electrons. The molecule has 13 heavy (non-hydrogen) atoms. The van der Waals surface area contributed by atoms with Crippen LogP contribution in [0.4, 0.5) is 0 Å². The fourth-order valence-electron chi connectivity index (χ4n) is 1.52. The van der Waals surface area contributed by atoms with E-state index >= 15 is 0 Å². The number of ether oxygens (including phenoxy) is 1. The fourth-order valence-corrected chi connectivity index (χ4v) is 1.52. The van der Waals surface area contributed by atoms with Crippen LogP contribution >= 0.6 is 0 Å². The van der Waals surface area contributed by atoms with Crippen LogP contribution < -0.4 is 4.74 Å². The molecular weight excluding hydrogens is 164 g/mol. The summed E-state index contributed by atoms with van der Waals surface area (Å²) in [6, 6.07) is 2.29. The number of rotatable bonds is 3. The largest absolute Gasteiger partial charge is 0.463 e. The molecule has 3 nitrogen and oxygen atoms in total. The number of aromatic nitrogens is 2. The minimum absolute atomic E-state index is 0.374. The third-order valence-corrected chi connectivity index (χ3v) is 2.65. The molecule has 0 bridgehead atoms. The molecule has 2 rings (SSSR count). The van der Waals surface area contributed by atoms with Gasteiger partial charge in [-0.25, -0.2) is 9.97 Å². The molecule has 0 aromatic carbocycles. The van der Waals surface area contributed by atoms with Crippen LogP contribution in [0, 0.1) is 5.41 Å². The van der Waals surface area contributed by atoms with Crippen LogP contribution in [-0.2, 0) is 0 Å². The van der Waals surface area contributed by atoms with Crippen molar-refractivity contribution in [2.45, 2.75) is 26.2 Å². The Morgan fingerprint density at radius 3 is 2.62 bits per heavy atom. The van der Waals surface area contributed by atoms with Gasteiger partial charge in [0.1, 0.15) is 0 Å². The van der Waals surface area contributed by atoms with Crippen molar-refractivity contribution >= 4 is 0 Å². The molecule has 1 aromatic heterocycles. The second-order valence-corrected chi connectivity index (χ2v) is 3.98. The highest BCUT2D eigenvalue weighted by molar-refractivity contribution is 4.95. The number of nitrogens with zero attached hydrogens (tertiary/aromatic N) is 2. The topological polar surface area (TPSA) is 35.0 Å². The van der Waals surface area contributed by atoms with Gasteiger partial charge in [-0.3, -0.25) is 0 Å². The maximum Gasteiger partial charge on any atom is 0.316 e. The van der Waals surface area contributed by atoms with Gasteiger partial charge in [0.2, 0.25) is 0 Å². The molecule has 0 saturated heterocycles. The molecule has 3 heteroatoms. The Balaban J connectivity index is 1.86. The monoisotopic (exact) mass is 178 g/mol. The lowest BCUT2D eigenvalue weighted by molar-refractivity contribution is 0.0720. The lowest BCUT2D eigenvalue weighted by atomic mass is 9.71. The Labute approximate surface area is 78.2 Å². The fraction of sp³-hybridized carbons (Fsp3) is 0.600. The maximum absolute atomic E-state index is 5.49. The summed E-state index contributed by atoms with van der Waals surface area (Å²) in [4.78, 5) is 8.01. The van der Waals surface area contributed by atoms with Gasteiger partial charge < -0.3 is 4.74 Å². The van der Waals surface area contributed by atoms with Gasteiger partial charge in [0.25, 0.3) is 0 Å². The molecule has 0 aliphatic heterocycles. The van der Waals surface area contributed by atoms with Gasteiger partial charge in [0, 0.05) is 17.8 Å². The minimum atomic E-state index is 0.374. The molecule has 0 amide bonds. The molecule has 1 saturated carbocycles. The quantitative estimate of drug-likeness (QED) is 0.710. The normalized spacial score (nSPS) is 19.2. The second-order valence-electron chi connectivity index (χ2n) is 3.98. The van der Waals surface area contributed by atoms with E-state index in [0.29, 0.717) is 11.4 Å². The van der Waals surface area contributed by atoms with E-state index in [-0.39, 0.29) is 0 Å². The first-order valence-corrected chi connectivity index (χ1v) is 4.68.